The molecule has 0 radical (unpaired) electrons. The van der Waals surface area contributed by atoms with Gasteiger partial charge in [-0.05, 0) is 47.7 Å². The summed E-state index contributed by atoms with van der Waals surface area (Å²) < 4.78 is -0.788. The topological polar surface area (TPSA) is 81.2 Å². The van der Waals surface area contributed by atoms with Crippen LogP contribution >= 0.6 is 11.8 Å². The second-order valence-corrected chi connectivity index (χ2v) is 13.9. The Morgan fingerprint density at radius 1 is 1.02 bits per heavy atom. The Bertz CT molecular complexity index is 1610. The molecule has 0 aliphatic carbocycles. The van der Waals surface area contributed by atoms with Crippen LogP contribution in [0.1, 0.15) is 37.8 Å². The van der Waals surface area contributed by atoms with Crippen molar-refractivity contribution in [2.24, 2.45) is 11.8 Å². The van der Waals surface area contributed by atoms with Gasteiger partial charge in [-0.25, -0.2) is 0 Å². The van der Waals surface area contributed by atoms with Crippen LogP contribution < -0.4 is 4.90 Å². The molecule has 3 fully saturated rings. The fraction of sp³-hybridized carbons (Fsp3) is 0.378. The highest BCUT2D eigenvalue weighted by atomic mass is 32.2. The van der Waals surface area contributed by atoms with Gasteiger partial charge in [0.25, 0.3) is 5.91 Å². The third-order valence-electron chi connectivity index (χ3n) is 9.73. The summed E-state index contributed by atoms with van der Waals surface area (Å²) in [7, 11) is 0. The highest BCUT2D eigenvalue weighted by Crippen LogP contribution is 2.67. The molecular weight excluding hydrogens is 582 g/mol. The second-order valence-electron chi connectivity index (χ2n) is 12.3. The smallest absolute Gasteiger partial charge is 0.251 e. The normalized spacial score (nSPS) is 25.6. The van der Waals surface area contributed by atoms with Crippen molar-refractivity contribution >= 4 is 45.9 Å². The third kappa shape index (κ3) is 5.18. The van der Waals surface area contributed by atoms with Crippen molar-refractivity contribution in [2.45, 2.75) is 48.3 Å². The lowest BCUT2D eigenvalue weighted by atomic mass is 9.70. The first kappa shape index (κ1) is 31.1. The van der Waals surface area contributed by atoms with Gasteiger partial charge in [0.1, 0.15) is 6.04 Å². The zero-order valence-electron chi connectivity index (χ0n) is 25.8. The number of aliphatic hydroxyl groups excluding tert-OH is 1. The van der Waals surface area contributed by atoms with Gasteiger partial charge < -0.3 is 19.8 Å². The fourth-order valence-electron chi connectivity index (χ4n) is 7.89. The van der Waals surface area contributed by atoms with Crippen molar-refractivity contribution in [3.63, 3.8) is 0 Å². The number of rotatable bonds is 12. The first-order valence-corrected chi connectivity index (χ1v) is 16.7. The number of hydrogen-bond donors (Lipinski definition) is 1. The molecule has 6 atom stereocenters. The molecule has 0 saturated carbocycles. The van der Waals surface area contributed by atoms with Crippen LogP contribution in [0.3, 0.4) is 0 Å². The molecule has 1 N–H and O–H groups in total. The summed E-state index contributed by atoms with van der Waals surface area (Å²) in [6.45, 7) is 10.8. The van der Waals surface area contributed by atoms with Crippen LogP contribution in [0.2, 0.25) is 0 Å². The van der Waals surface area contributed by atoms with Crippen LogP contribution in [-0.4, -0.2) is 74.9 Å². The Balaban J connectivity index is 1.47. The molecule has 234 valence electrons. The molecule has 7 nitrogen and oxygen atoms in total. The summed E-state index contributed by atoms with van der Waals surface area (Å²) >= 11 is 1.65. The van der Waals surface area contributed by atoms with E-state index in [1.54, 1.807) is 38.6 Å². The molecule has 3 aromatic rings. The molecule has 3 aliphatic rings. The molecule has 45 heavy (non-hydrogen) atoms. The van der Waals surface area contributed by atoms with Gasteiger partial charge in [0.2, 0.25) is 11.8 Å². The predicted octanol–water partition coefficient (Wildman–Crippen LogP) is 5.61. The SMILES string of the molecule is C=CCN(CCC)C(=O)[C@@H]1[C@@H]2CCC3(S2)C(C(=O)N(CC=C)c2ccc4ccccc4c2)N([C@H](CO)c2ccccc2)C(=O)[C@H]13. The number of thioether (sulfide) groups is 1. The monoisotopic (exact) mass is 623 g/mol. The minimum Gasteiger partial charge on any atom is -0.394 e. The van der Waals surface area contributed by atoms with Crippen molar-refractivity contribution in [2.75, 3.05) is 31.1 Å². The number of aliphatic hydroxyl groups is 1. The van der Waals surface area contributed by atoms with Gasteiger partial charge in [-0.2, -0.15) is 0 Å². The van der Waals surface area contributed by atoms with E-state index in [1.165, 1.54) is 0 Å². The predicted molar refractivity (Wildman–Crippen MR) is 181 cm³/mol. The van der Waals surface area contributed by atoms with Crippen LogP contribution in [-0.2, 0) is 14.4 Å². The van der Waals surface area contributed by atoms with Crippen molar-refractivity contribution in [1.29, 1.82) is 0 Å². The molecule has 3 aliphatic heterocycles. The first-order valence-electron chi connectivity index (χ1n) is 15.9. The molecule has 0 aromatic heterocycles. The Hall–Kier alpha value is -3.88. The maximum absolute atomic E-state index is 15.1. The number of likely N-dealkylation sites (tertiary alicyclic amines) is 1. The average molecular weight is 624 g/mol. The first-order chi connectivity index (χ1) is 21.9. The highest BCUT2D eigenvalue weighted by Gasteiger charge is 2.74. The summed E-state index contributed by atoms with van der Waals surface area (Å²) in [5, 5.41) is 12.9. The van der Waals surface area contributed by atoms with Crippen LogP contribution in [0.5, 0.6) is 0 Å². The number of carbonyl (C=O) groups is 3. The number of hydrogen-bond acceptors (Lipinski definition) is 5. The van der Waals surface area contributed by atoms with Crippen molar-refractivity contribution in [3.8, 4) is 0 Å². The molecule has 3 saturated heterocycles. The van der Waals surface area contributed by atoms with Crippen LogP contribution in [0.4, 0.5) is 5.69 Å². The van der Waals surface area contributed by atoms with Crippen molar-refractivity contribution < 1.29 is 19.5 Å². The van der Waals surface area contributed by atoms with Gasteiger partial charge in [-0.15, -0.1) is 24.9 Å². The zero-order chi connectivity index (χ0) is 31.7. The standard InChI is InChI=1S/C37H41N3O4S/c1-4-20-38(21-5-2)34(42)31-30-18-19-37(45-30)32(31)35(43)40(29(24-41)26-13-8-7-9-14-26)33(37)36(44)39(22-6-3)28-17-16-25-12-10-11-15-27(25)23-28/h4,6-17,23,29-33,41H,1,3,5,18-22,24H2,2H3/t29-,30+,31-,32+,33?,37?/m1/s1. The Labute approximate surface area is 269 Å². The average Bonchev–Trinajstić information content (AvgIpc) is 3.71. The Kier molecular flexibility index (Phi) is 8.89. The van der Waals surface area contributed by atoms with E-state index in [4.69, 9.17) is 0 Å². The van der Waals surface area contributed by atoms with Gasteiger partial charge in [-0.3, -0.25) is 14.4 Å². The van der Waals surface area contributed by atoms with E-state index >= 15 is 4.79 Å². The molecule has 6 rings (SSSR count). The second kappa shape index (κ2) is 12.9. The van der Waals surface area contributed by atoms with Crippen LogP contribution in [0, 0.1) is 11.8 Å². The number of carbonyl (C=O) groups excluding carboxylic acids is 3. The zero-order valence-corrected chi connectivity index (χ0v) is 26.6. The lowest BCUT2D eigenvalue weighted by molar-refractivity contribution is -0.145. The summed E-state index contributed by atoms with van der Waals surface area (Å²) in [4.78, 5) is 49.3. The van der Waals surface area contributed by atoms with E-state index in [9.17, 15) is 14.7 Å². The van der Waals surface area contributed by atoms with E-state index in [1.807, 2.05) is 79.7 Å². The Morgan fingerprint density at radius 2 is 1.73 bits per heavy atom. The van der Waals surface area contributed by atoms with Gasteiger partial charge in [-0.1, -0.05) is 79.7 Å². The minimum atomic E-state index is -0.870. The highest BCUT2D eigenvalue weighted by molar-refractivity contribution is 8.02. The van der Waals surface area contributed by atoms with E-state index in [0.29, 0.717) is 19.5 Å². The number of fused-ring (bicyclic) bond motifs is 2. The minimum absolute atomic E-state index is 0.0417. The molecule has 3 amide bonds. The van der Waals surface area contributed by atoms with E-state index in [0.717, 1.165) is 34.9 Å². The molecular formula is C37H41N3O4S. The van der Waals surface area contributed by atoms with Crippen molar-refractivity contribution in [3.05, 3.63) is 104 Å². The summed E-state index contributed by atoms with van der Waals surface area (Å²) in [5.41, 5.74) is 1.47. The quantitative estimate of drug-likeness (QED) is 0.266. The van der Waals surface area contributed by atoms with Gasteiger partial charge >= 0.3 is 0 Å². The number of anilines is 1. The van der Waals surface area contributed by atoms with Crippen LogP contribution in [0.25, 0.3) is 10.8 Å². The molecule has 8 heteroatoms. The Morgan fingerprint density at radius 3 is 2.42 bits per heavy atom. The van der Waals surface area contributed by atoms with Crippen molar-refractivity contribution in [1.82, 2.24) is 9.80 Å². The lowest BCUT2D eigenvalue weighted by Crippen LogP contribution is -2.56. The lowest BCUT2D eigenvalue weighted by Gasteiger charge is -2.40. The summed E-state index contributed by atoms with van der Waals surface area (Å²) in [6, 6.07) is 21.7. The maximum Gasteiger partial charge on any atom is 0.251 e. The number of amides is 3. The molecule has 3 aromatic carbocycles. The third-order valence-corrected chi connectivity index (χ3v) is 11.7. The number of benzene rings is 3. The van der Waals surface area contributed by atoms with E-state index in [-0.39, 0.29) is 36.1 Å². The van der Waals surface area contributed by atoms with E-state index < -0.39 is 28.7 Å². The van der Waals surface area contributed by atoms with Gasteiger partial charge in [0, 0.05) is 30.6 Å². The molecule has 1 spiro atoms. The molecule has 2 unspecified atom stereocenters. The van der Waals surface area contributed by atoms with Gasteiger partial charge in [0.05, 0.1) is 29.2 Å². The van der Waals surface area contributed by atoms with Crippen LogP contribution in [0.15, 0.2) is 98.1 Å². The largest absolute Gasteiger partial charge is 0.394 e. The number of nitrogens with zero attached hydrogens (tertiary/aromatic N) is 3. The summed E-state index contributed by atoms with van der Waals surface area (Å²) in [6.07, 6.45) is 5.63. The fourth-order valence-corrected chi connectivity index (χ4v) is 10.1. The van der Waals surface area contributed by atoms with E-state index in [2.05, 4.69) is 13.2 Å². The molecule has 2 bridgehead atoms. The van der Waals surface area contributed by atoms with Gasteiger partial charge in [0.15, 0.2) is 0 Å². The molecule has 3 heterocycles. The maximum atomic E-state index is 15.1. The summed E-state index contributed by atoms with van der Waals surface area (Å²) in [5.74, 6) is -1.68.